The summed E-state index contributed by atoms with van der Waals surface area (Å²) in [5.41, 5.74) is 2.08. The molecule has 0 aromatic carbocycles. The molecule has 0 radical (unpaired) electrons. The van der Waals surface area contributed by atoms with Gasteiger partial charge in [0.2, 0.25) is 0 Å². The van der Waals surface area contributed by atoms with Gasteiger partial charge in [-0.2, -0.15) is 0 Å². The van der Waals surface area contributed by atoms with Crippen LogP contribution in [0.2, 0.25) is 0 Å². The van der Waals surface area contributed by atoms with E-state index >= 15 is 0 Å². The Labute approximate surface area is 125 Å². The third kappa shape index (κ3) is 2.34. The lowest BCUT2D eigenvalue weighted by Crippen LogP contribution is -2.33. The summed E-state index contributed by atoms with van der Waals surface area (Å²) in [6, 6.07) is 4.07. The van der Waals surface area contributed by atoms with E-state index in [4.69, 9.17) is 4.98 Å². The molecule has 2 unspecified atom stereocenters. The molecule has 0 bridgehead atoms. The summed E-state index contributed by atoms with van der Waals surface area (Å²) in [6.45, 7) is 3.41. The van der Waals surface area contributed by atoms with Gasteiger partial charge in [-0.15, -0.1) is 0 Å². The van der Waals surface area contributed by atoms with E-state index < -0.39 is 0 Å². The highest BCUT2D eigenvalue weighted by Crippen LogP contribution is 2.32. The van der Waals surface area contributed by atoms with Gasteiger partial charge < -0.3 is 4.90 Å². The lowest BCUT2D eigenvalue weighted by Gasteiger charge is -2.30. The standard InChI is InChI=1S/C16H23N5/c1-20-10-4-5-12(11-20)15-19-13-6-2-9-18-16(13)21(15)14-7-3-8-17-14/h2,6,9,12,14,17H,3-5,7-8,10-11H2,1H3. The zero-order valence-electron chi connectivity index (χ0n) is 12.6. The summed E-state index contributed by atoms with van der Waals surface area (Å²) in [4.78, 5) is 12.0. The van der Waals surface area contributed by atoms with Crippen LogP contribution in [-0.4, -0.2) is 46.1 Å². The molecule has 4 rings (SSSR count). The van der Waals surface area contributed by atoms with Crippen molar-refractivity contribution in [3.8, 4) is 0 Å². The van der Waals surface area contributed by atoms with E-state index in [1.165, 1.54) is 38.1 Å². The molecule has 0 aliphatic carbocycles. The molecule has 5 nitrogen and oxygen atoms in total. The SMILES string of the molecule is CN1CCCC(c2nc3cccnc3n2C2CCCN2)C1. The van der Waals surface area contributed by atoms with Crippen molar-refractivity contribution in [3.63, 3.8) is 0 Å². The van der Waals surface area contributed by atoms with Gasteiger partial charge in [0.1, 0.15) is 11.3 Å². The number of nitrogens with zero attached hydrogens (tertiary/aromatic N) is 4. The number of hydrogen-bond acceptors (Lipinski definition) is 4. The summed E-state index contributed by atoms with van der Waals surface area (Å²) < 4.78 is 2.38. The summed E-state index contributed by atoms with van der Waals surface area (Å²) in [7, 11) is 2.21. The zero-order valence-corrected chi connectivity index (χ0v) is 12.6. The second-order valence-electron chi connectivity index (χ2n) is 6.40. The Balaban J connectivity index is 1.80. The van der Waals surface area contributed by atoms with Crippen molar-refractivity contribution in [3.05, 3.63) is 24.2 Å². The Hall–Kier alpha value is -1.46. The monoisotopic (exact) mass is 285 g/mol. The van der Waals surface area contributed by atoms with Crippen molar-refractivity contribution in [2.24, 2.45) is 0 Å². The van der Waals surface area contributed by atoms with Gasteiger partial charge in [-0.05, 0) is 58.0 Å². The topological polar surface area (TPSA) is 46.0 Å². The molecule has 0 amide bonds. The Kier molecular flexibility index (Phi) is 3.39. The second-order valence-corrected chi connectivity index (χ2v) is 6.40. The summed E-state index contributed by atoms with van der Waals surface area (Å²) in [5.74, 6) is 1.76. The molecule has 0 spiro atoms. The molecule has 2 aliphatic rings. The van der Waals surface area contributed by atoms with Crippen molar-refractivity contribution >= 4 is 11.2 Å². The van der Waals surface area contributed by atoms with E-state index in [1.807, 2.05) is 12.3 Å². The number of nitrogens with one attached hydrogen (secondary N) is 1. The maximum atomic E-state index is 4.95. The van der Waals surface area contributed by atoms with Gasteiger partial charge in [0.15, 0.2) is 5.65 Å². The molecule has 2 aromatic heterocycles. The Bertz CT molecular complexity index is 629. The van der Waals surface area contributed by atoms with Crippen LogP contribution in [0.25, 0.3) is 11.2 Å². The molecule has 2 fully saturated rings. The highest BCUT2D eigenvalue weighted by molar-refractivity contribution is 5.71. The lowest BCUT2D eigenvalue weighted by atomic mass is 9.97. The minimum Gasteiger partial charge on any atom is -0.306 e. The summed E-state index contributed by atoms with van der Waals surface area (Å²) in [6.07, 6.45) is 7.16. The van der Waals surface area contributed by atoms with Crippen LogP contribution in [0.5, 0.6) is 0 Å². The molecule has 2 saturated heterocycles. The van der Waals surface area contributed by atoms with Gasteiger partial charge in [-0.3, -0.25) is 9.88 Å². The van der Waals surface area contributed by atoms with Gasteiger partial charge in [-0.1, -0.05) is 0 Å². The van der Waals surface area contributed by atoms with Gasteiger partial charge >= 0.3 is 0 Å². The first-order valence-electron chi connectivity index (χ1n) is 8.08. The van der Waals surface area contributed by atoms with Crippen molar-refractivity contribution in [2.45, 2.75) is 37.8 Å². The number of piperidine rings is 1. The number of aromatic nitrogens is 3. The number of likely N-dealkylation sites (N-methyl/N-ethyl adjacent to an activating group) is 1. The van der Waals surface area contributed by atoms with E-state index in [0.717, 1.165) is 24.3 Å². The maximum Gasteiger partial charge on any atom is 0.161 e. The van der Waals surface area contributed by atoms with Crippen molar-refractivity contribution < 1.29 is 0 Å². The average Bonchev–Trinajstić information content (AvgIpc) is 3.14. The van der Waals surface area contributed by atoms with Gasteiger partial charge in [0.25, 0.3) is 0 Å². The van der Waals surface area contributed by atoms with Crippen LogP contribution in [0.15, 0.2) is 18.3 Å². The third-order valence-electron chi connectivity index (χ3n) is 4.81. The first-order valence-corrected chi connectivity index (χ1v) is 8.08. The quantitative estimate of drug-likeness (QED) is 0.918. The number of likely N-dealkylation sites (tertiary alicyclic amines) is 1. The van der Waals surface area contributed by atoms with E-state index in [0.29, 0.717) is 12.1 Å². The van der Waals surface area contributed by atoms with E-state index in [9.17, 15) is 0 Å². The van der Waals surface area contributed by atoms with Gasteiger partial charge in [0.05, 0.1) is 6.17 Å². The van der Waals surface area contributed by atoms with E-state index in [2.05, 4.69) is 32.9 Å². The minimum atomic E-state index is 0.368. The van der Waals surface area contributed by atoms with Crippen LogP contribution < -0.4 is 5.32 Å². The van der Waals surface area contributed by atoms with Crippen LogP contribution >= 0.6 is 0 Å². The molecule has 2 aromatic rings. The lowest BCUT2D eigenvalue weighted by molar-refractivity contribution is 0.240. The average molecular weight is 285 g/mol. The molecule has 5 heteroatoms. The highest BCUT2D eigenvalue weighted by Gasteiger charge is 2.29. The van der Waals surface area contributed by atoms with Crippen molar-refractivity contribution in [1.82, 2.24) is 24.8 Å². The molecular weight excluding hydrogens is 262 g/mol. The maximum absolute atomic E-state index is 4.95. The van der Waals surface area contributed by atoms with E-state index in [-0.39, 0.29) is 0 Å². The number of imidazole rings is 1. The third-order valence-corrected chi connectivity index (χ3v) is 4.81. The highest BCUT2D eigenvalue weighted by atomic mass is 15.3. The van der Waals surface area contributed by atoms with Gasteiger partial charge in [-0.25, -0.2) is 9.97 Å². The predicted octanol–water partition coefficient (Wildman–Crippen LogP) is 2.12. The van der Waals surface area contributed by atoms with Crippen LogP contribution in [0.1, 0.15) is 43.6 Å². The van der Waals surface area contributed by atoms with Crippen molar-refractivity contribution in [2.75, 3.05) is 26.7 Å². The number of hydrogen-bond donors (Lipinski definition) is 1. The predicted molar refractivity (Wildman–Crippen MR) is 83.3 cm³/mol. The Morgan fingerprint density at radius 3 is 3.05 bits per heavy atom. The smallest absolute Gasteiger partial charge is 0.161 e. The molecule has 2 aliphatic heterocycles. The molecule has 4 heterocycles. The second kappa shape index (κ2) is 5.39. The first-order chi connectivity index (χ1) is 10.3. The zero-order chi connectivity index (χ0) is 14.2. The van der Waals surface area contributed by atoms with Crippen molar-refractivity contribution in [1.29, 1.82) is 0 Å². The summed E-state index contributed by atoms with van der Waals surface area (Å²) in [5, 5.41) is 3.61. The fraction of sp³-hybridized carbons (Fsp3) is 0.625. The van der Waals surface area contributed by atoms with Crippen LogP contribution in [0.3, 0.4) is 0 Å². The summed E-state index contributed by atoms with van der Waals surface area (Å²) >= 11 is 0. The van der Waals surface area contributed by atoms with Crippen LogP contribution in [0, 0.1) is 0 Å². The minimum absolute atomic E-state index is 0.368. The number of pyridine rings is 1. The van der Waals surface area contributed by atoms with E-state index in [1.54, 1.807) is 0 Å². The first kappa shape index (κ1) is 13.2. The Morgan fingerprint density at radius 1 is 1.29 bits per heavy atom. The van der Waals surface area contributed by atoms with Gasteiger partial charge in [0, 0.05) is 18.7 Å². The molecule has 21 heavy (non-hydrogen) atoms. The fourth-order valence-electron chi connectivity index (χ4n) is 3.81. The Morgan fingerprint density at radius 2 is 2.24 bits per heavy atom. The van der Waals surface area contributed by atoms with Crippen LogP contribution in [0.4, 0.5) is 0 Å². The normalized spacial score (nSPS) is 27.5. The molecule has 1 N–H and O–H groups in total. The van der Waals surface area contributed by atoms with Crippen LogP contribution in [-0.2, 0) is 0 Å². The molecular formula is C16H23N5. The molecule has 0 saturated carbocycles. The molecule has 2 atom stereocenters. The molecule has 112 valence electrons. The largest absolute Gasteiger partial charge is 0.306 e. The fourth-order valence-corrected chi connectivity index (χ4v) is 3.81. The number of fused-ring (bicyclic) bond motifs is 1. The number of rotatable bonds is 2.